The van der Waals surface area contributed by atoms with Crippen LogP contribution < -0.4 is 5.32 Å². The Balaban J connectivity index is 1.72. The largest absolute Gasteiger partial charge is 0.355 e. The number of benzene rings is 1. The van der Waals surface area contributed by atoms with Gasteiger partial charge in [-0.15, -0.1) is 0 Å². The second-order valence-electron chi connectivity index (χ2n) is 6.33. The van der Waals surface area contributed by atoms with Crippen molar-refractivity contribution < 1.29 is 4.79 Å². The first-order chi connectivity index (χ1) is 13.0. The van der Waals surface area contributed by atoms with E-state index < -0.39 is 0 Å². The van der Waals surface area contributed by atoms with Gasteiger partial charge >= 0.3 is 0 Å². The van der Waals surface area contributed by atoms with Crippen LogP contribution in [-0.2, 0) is 20.3 Å². The van der Waals surface area contributed by atoms with Crippen molar-refractivity contribution in [1.82, 2.24) is 29.5 Å². The quantitative estimate of drug-likeness (QED) is 0.664. The average Bonchev–Trinajstić information content (AvgIpc) is 2.97. The SMILES string of the molecule is CNC(=O)c1ccc(CN(C)Cn2nc(-c3ccncc3)n(C)c2=S)cc1. The van der Waals surface area contributed by atoms with Gasteiger partial charge in [0.05, 0.1) is 6.67 Å². The van der Waals surface area contributed by atoms with Crippen LogP contribution >= 0.6 is 12.2 Å². The molecule has 2 aromatic heterocycles. The maximum atomic E-state index is 11.6. The van der Waals surface area contributed by atoms with Crippen LogP contribution in [-0.4, -0.2) is 44.2 Å². The summed E-state index contributed by atoms with van der Waals surface area (Å²) < 4.78 is 4.37. The lowest BCUT2D eigenvalue weighted by atomic mass is 10.1. The number of nitrogens with one attached hydrogen (secondary N) is 1. The highest BCUT2D eigenvalue weighted by molar-refractivity contribution is 7.71. The van der Waals surface area contributed by atoms with E-state index in [0.717, 1.165) is 23.5 Å². The smallest absolute Gasteiger partial charge is 0.251 e. The van der Waals surface area contributed by atoms with E-state index in [1.165, 1.54) is 0 Å². The van der Waals surface area contributed by atoms with Gasteiger partial charge in [0.1, 0.15) is 0 Å². The molecule has 8 heteroatoms. The van der Waals surface area contributed by atoms with Crippen molar-refractivity contribution in [2.45, 2.75) is 13.2 Å². The Bertz CT molecular complexity index is 978. The van der Waals surface area contributed by atoms with Gasteiger partial charge < -0.3 is 9.88 Å². The monoisotopic (exact) mass is 382 g/mol. The summed E-state index contributed by atoms with van der Waals surface area (Å²) in [5, 5.41) is 7.29. The molecule has 27 heavy (non-hydrogen) atoms. The van der Waals surface area contributed by atoms with E-state index in [1.807, 2.05) is 59.7 Å². The highest BCUT2D eigenvalue weighted by Crippen LogP contribution is 2.16. The third-order valence-corrected chi connectivity index (χ3v) is 4.74. The lowest BCUT2D eigenvalue weighted by molar-refractivity contribution is 0.0963. The third-order valence-electron chi connectivity index (χ3n) is 4.25. The van der Waals surface area contributed by atoms with Gasteiger partial charge in [0.25, 0.3) is 5.91 Å². The second kappa shape index (κ2) is 8.24. The van der Waals surface area contributed by atoms with E-state index >= 15 is 0 Å². The zero-order valence-corrected chi connectivity index (χ0v) is 16.4. The molecule has 0 saturated heterocycles. The van der Waals surface area contributed by atoms with Gasteiger partial charge in [0, 0.05) is 44.2 Å². The Hall–Kier alpha value is -2.84. The molecule has 0 unspecified atom stereocenters. The minimum absolute atomic E-state index is 0.0849. The first kappa shape index (κ1) is 18.9. The zero-order chi connectivity index (χ0) is 19.4. The fourth-order valence-corrected chi connectivity index (χ4v) is 3.01. The molecule has 1 amide bonds. The highest BCUT2D eigenvalue weighted by Gasteiger charge is 2.11. The molecule has 0 radical (unpaired) electrons. The predicted molar refractivity (Wildman–Crippen MR) is 107 cm³/mol. The molecule has 0 aliphatic heterocycles. The van der Waals surface area contributed by atoms with Crippen LogP contribution in [0.2, 0.25) is 0 Å². The standard InChI is InChI=1S/C19H22N6OS/c1-20-18(26)16-6-4-14(5-7-16)12-23(2)13-25-19(27)24(3)17(22-25)15-8-10-21-11-9-15/h4-11H,12-13H2,1-3H3,(H,20,26). The van der Waals surface area contributed by atoms with Gasteiger partial charge in [-0.3, -0.25) is 14.7 Å². The van der Waals surface area contributed by atoms with Crippen LogP contribution in [0, 0.1) is 4.77 Å². The van der Waals surface area contributed by atoms with Crippen molar-refractivity contribution in [3.05, 3.63) is 64.7 Å². The number of pyridine rings is 1. The summed E-state index contributed by atoms with van der Waals surface area (Å²) in [7, 11) is 5.55. The van der Waals surface area contributed by atoms with Gasteiger partial charge in [0.2, 0.25) is 0 Å². The molecule has 1 N–H and O–H groups in total. The van der Waals surface area contributed by atoms with Crippen LogP contribution in [0.3, 0.4) is 0 Å². The van der Waals surface area contributed by atoms with E-state index in [1.54, 1.807) is 19.4 Å². The molecule has 0 saturated carbocycles. The molecule has 0 fully saturated rings. The lowest BCUT2D eigenvalue weighted by Crippen LogP contribution is -2.23. The van der Waals surface area contributed by atoms with Gasteiger partial charge in [-0.25, -0.2) is 4.68 Å². The molecule has 7 nitrogen and oxygen atoms in total. The number of hydrogen-bond donors (Lipinski definition) is 1. The number of rotatable bonds is 6. The fourth-order valence-electron chi connectivity index (χ4n) is 2.83. The minimum Gasteiger partial charge on any atom is -0.355 e. The van der Waals surface area contributed by atoms with Gasteiger partial charge in [0.15, 0.2) is 10.6 Å². The Morgan fingerprint density at radius 1 is 1.19 bits per heavy atom. The fraction of sp³-hybridized carbons (Fsp3) is 0.263. The summed E-state index contributed by atoms with van der Waals surface area (Å²) in [6.45, 7) is 1.28. The van der Waals surface area contributed by atoms with Crippen molar-refractivity contribution in [1.29, 1.82) is 0 Å². The number of amides is 1. The van der Waals surface area contributed by atoms with Crippen LogP contribution in [0.5, 0.6) is 0 Å². The summed E-state index contributed by atoms with van der Waals surface area (Å²) in [6.07, 6.45) is 3.48. The minimum atomic E-state index is -0.0849. The van der Waals surface area contributed by atoms with E-state index in [9.17, 15) is 4.79 Å². The Kier molecular flexibility index (Phi) is 5.78. The number of aromatic nitrogens is 4. The third kappa shape index (κ3) is 4.29. The molecular formula is C19H22N6OS. The maximum absolute atomic E-state index is 11.6. The lowest BCUT2D eigenvalue weighted by Gasteiger charge is -2.16. The summed E-state index contributed by atoms with van der Waals surface area (Å²) in [5.74, 6) is 0.726. The van der Waals surface area contributed by atoms with Crippen molar-refractivity contribution >= 4 is 18.1 Å². The molecular weight excluding hydrogens is 360 g/mol. The number of carbonyl (C=O) groups excluding carboxylic acids is 1. The van der Waals surface area contributed by atoms with Gasteiger partial charge in [-0.1, -0.05) is 12.1 Å². The van der Waals surface area contributed by atoms with Crippen molar-refractivity contribution in [2.24, 2.45) is 7.05 Å². The maximum Gasteiger partial charge on any atom is 0.251 e. The zero-order valence-electron chi connectivity index (χ0n) is 15.6. The summed E-state index contributed by atoms with van der Waals surface area (Å²) >= 11 is 5.53. The molecule has 1 aromatic carbocycles. The van der Waals surface area contributed by atoms with E-state index in [-0.39, 0.29) is 5.91 Å². The first-order valence-electron chi connectivity index (χ1n) is 8.53. The van der Waals surface area contributed by atoms with Crippen LogP contribution in [0.25, 0.3) is 11.4 Å². The molecule has 0 spiro atoms. The van der Waals surface area contributed by atoms with Gasteiger partial charge in [-0.2, -0.15) is 5.10 Å². The normalized spacial score (nSPS) is 11.0. The molecule has 140 valence electrons. The predicted octanol–water partition coefficient (Wildman–Crippen LogP) is 2.46. The van der Waals surface area contributed by atoms with Gasteiger partial charge in [-0.05, 0) is 49.1 Å². The topological polar surface area (TPSA) is 68.0 Å². The molecule has 3 aromatic rings. The molecule has 0 bridgehead atoms. The highest BCUT2D eigenvalue weighted by atomic mass is 32.1. The Morgan fingerprint density at radius 2 is 1.85 bits per heavy atom. The van der Waals surface area contributed by atoms with Crippen LogP contribution in [0.15, 0.2) is 48.8 Å². The molecule has 0 aliphatic carbocycles. The summed E-state index contributed by atoms with van der Waals surface area (Å²) in [5.41, 5.74) is 2.74. The van der Waals surface area contributed by atoms with E-state index in [4.69, 9.17) is 12.2 Å². The van der Waals surface area contributed by atoms with Crippen molar-refractivity contribution in [2.75, 3.05) is 14.1 Å². The Labute approximate surface area is 163 Å². The summed E-state index contributed by atoms with van der Waals surface area (Å²) in [4.78, 5) is 17.8. The summed E-state index contributed by atoms with van der Waals surface area (Å²) in [6, 6.07) is 11.4. The molecule has 2 heterocycles. The van der Waals surface area contributed by atoms with Crippen LogP contribution in [0.4, 0.5) is 0 Å². The average molecular weight is 382 g/mol. The van der Waals surface area contributed by atoms with E-state index in [0.29, 0.717) is 17.0 Å². The number of nitrogens with zero attached hydrogens (tertiary/aromatic N) is 5. The van der Waals surface area contributed by atoms with E-state index in [2.05, 4.69) is 20.3 Å². The number of carbonyl (C=O) groups is 1. The molecule has 3 rings (SSSR count). The molecule has 0 aliphatic rings. The first-order valence-corrected chi connectivity index (χ1v) is 8.94. The van der Waals surface area contributed by atoms with Crippen molar-refractivity contribution in [3.8, 4) is 11.4 Å². The molecule has 0 atom stereocenters. The van der Waals surface area contributed by atoms with Crippen LogP contribution in [0.1, 0.15) is 15.9 Å². The Morgan fingerprint density at radius 3 is 2.48 bits per heavy atom. The van der Waals surface area contributed by atoms with Crippen molar-refractivity contribution in [3.63, 3.8) is 0 Å². The second-order valence-corrected chi connectivity index (χ2v) is 6.70. The number of hydrogen-bond acceptors (Lipinski definition) is 5.